The molecule has 1 aliphatic carbocycles. The topological polar surface area (TPSA) is 59.7 Å². The van der Waals surface area contributed by atoms with Crippen LogP contribution in [-0.4, -0.2) is 31.3 Å². The predicted octanol–water partition coefficient (Wildman–Crippen LogP) is 3.67. The lowest BCUT2D eigenvalue weighted by atomic mass is 10.2. The van der Waals surface area contributed by atoms with E-state index in [1.807, 2.05) is 6.07 Å². The fraction of sp³-hybridized carbons (Fsp3) is 0.667. The number of halogens is 1. The van der Waals surface area contributed by atoms with Gasteiger partial charge in [0.2, 0.25) is 0 Å². The van der Waals surface area contributed by atoms with E-state index in [4.69, 9.17) is 16.6 Å². The van der Waals surface area contributed by atoms with Gasteiger partial charge in [-0.05, 0) is 38.5 Å². The zero-order valence-corrected chi connectivity index (χ0v) is 15.1. The molecule has 132 valence electrons. The SMILES string of the molecule is Clc1cc(N2CCCC2c2nnc3n2CCCCC3)nc(C2CC2)n1. The first-order chi connectivity index (χ1) is 12.3. The van der Waals surface area contributed by atoms with Gasteiger partial charge in [0.05, 0.1) is 6.04 Å². The van der Waals surface area contributed by atoms with Gasteiger partial charge in [-0.1, -0.05) is 18.0 Å². The molecule has 2 fully saturated rings. The lowest BCUT2D eigenvalue weighted by Gasteiger charge is -2.26. The third-order valence-corrected chi connectivity index (χ3v) is 5.82. The summed E-state index contributed by atoms with van der Waals surface area (Å²) in [5, 5.41) is 9.63. The number of nitrogens with zero attached hydrogens (tertiary/aromatic N) is 6. The fourth-order valence-corrected chi connectivity index (χ4v) is 4.34. The van der Waals surface area contributed by atoms with Crippen LogP contribution in [0.3, 0.4) is 0 Å². The molecule has 2 aromatic rings. The van der Waals surface area contributed by atoms with E-state index in [0.29, 0.717) is 11.1 Å². The lowest BCUT2D eigenvalue weighted by molar-refractivity contribution is 0.557. The van der Waals surface area contributed by atoms with Gasteiger partial charge in [0.1, 0.15) is 22.6 Å². The molecule has 0 radical (unpaired) electrons. The van der Waals surface area contributed by atoms with E-state index in [-0.39, 0.29) is 6.04 Å². The van der Waals surface area contributed by atoms with E-state index in [1.165, 1.54) is 32.1 Å². The Balaban J connectivity index is 1.49. The van der Waals surface area contributed by atoms with Gasteiger partial charge < -0.3 is 9.47 Å². The maximum absolute atomic E-state index is 6.30. The van der Waals surface area contributed by atoms with Crippen LogP contribution in [0, 0.1) is 0 Å². The van der Waals surface area contributed by atoms with Crippen LogP contribution in [0.4, 0.5) is 5.82 Å². The van der Waals surface area contributed by atoms with Crippen molar-refractivity contribution in [2.45, 2.75) is 69.9 Å². The normalized spacial score (nSPS) is 23.6. The standard InChI is InChI=1S/C18H23ClN6/c19-14-11-16(21-17(20-14)12-7-8-12)24-10-4-5-13(24)18-23-22-15-6-2-1-3-9-25(15)18/h11-13H,1-10H2. The van der Waals surface area contributed by atoms with Gasteiger partial charge in [0.15, 0.2) is 5.82 Å². The maximum Gasteiger partial charge on any atom is 0.155 e. The molecular formula is C18H23ClN6. The Morgan fingerprint density at radius 2 is 1.88 bits per heavy atom. The van der Waals surface area contributed by atoms with E-state index >= 15 is 0 Å². The number of hydrogen-bond donors (Lipinski definition) is 0. The molecule has 0 bridgehead atoms. The molecule has 2 aliphatic heterocycles. The Kier molecular flexibility index (Phi) is 3.88. The van der Waals surface area contributed by atoms with Crippen LogP contribution in [0.25, 0.3) is 0 Å². The van der Waals surface area contributed by atoms with Gasteiger partial charge in [-0.2, -0.15) is 0 Å². The van der Waals surface area contributed by atoms with E-state index in [1.54, 1.807) is 0 Å². The zero-order chi connectivity index (χ0) is 16.8. The van der Waals surface area contributed by atoms with E-state index < -0.39 is 0 Å². The summed E-state index contributed by atoms with van der Waals surface area (Å²) in [5.41, 5.74) is 0. The first-order valence-electron chi connectivity index (χ1n) is 9.53. The molecule has 25 heavy (non-hydrogen) atoms. The highest BCUT2D eigenvalue weighted by Crippen LogP contribution is 2.41. The van der Waals surface area contributed by atoms with Crippen LogP contribution < -0.4 is 4.90 Å². The Morgan fingerprint density at radius 1 is 0.960 bits per heavy atom. The highest BCUT2D eigenvalue weighted by Gasteiger charge is 2.34. The molecule has 1 saturated heterocycles. The van der Waals surface area contributed by atoms with Crippen molar-refractivity contribution in [2.75, 3.05) is 11.4 Å². The minimum atomic E-state index is 0.248. The number of aryl methyl sites for hydroxylation is 1. The highest BCUT2D eigenvalue weighted by molar-refractivity contribution is 6.29. The minimum absolute atomic E-state index is 0.248. The molecule has 1 atom stereocenters. The Morgan fingerprint density at radius 3 is 2.76 bits per heavy atom. The molecular weight excluding hydrogens is 336 g/mol. The predicted molar refractivity (Wildman–Crippen MR) is 95.9 cm³/mol. The number of fused-ring (bicyclic) bond motifs is 1. The van der Waals surface area contributed by atoms with Crippen molar-refractivity contribution in [3.63, 3.8) is 0 Å². The highest BCUT2D eigenvalue weighted by atomic mass is 35.5. The van der Waals surface area contributed by atoms with Crippen molar-refractivity contribution in [2.24, 2.45) is 0 Å². The zero-order valence-electron chi connectivity index (χ0n) is 14.4. The van der Waals surface area contributed by atoms with Crippen molar-refractivity contribution in [1.82, 2.24) is 24.7 Å². The fourth-order valence-electron chi connectivity index (χ4n) is 4.16. The summed E-state index contributed by atoms with van der Waals surface area (Å²) in [6.07, 6.45) is 9.37. The largest absolute Gasteiger partial charge is 0.346 e. The molecule has 3 aliphatic rings. The average molecular weight is 359 g/mol. The Bertz CT molecular complexity index is 784. The van der Waals surface area contributed by atoms with Gasteiger partial charge in [0.25, 0.3) is 0 Å². The molecule has 7 heteroatoms. The second kappa shape index (κ2) is 6.24. The van der Waals surface area contributed by atoms with E-state index in [0.717, 1.165) is 55.6 Å². The van der Waals surface area contributed by atoms with Crippen LogP contribution in [0.1, 0.15) is 74.4 Å². The lowest BCUT2D eigenvalue weighted by Crippen LogP contribution is -2.27. The summed E-state index contributed by atoms with van der Waals surface area (Å²) in [5.74, 6) is 4.63. The number of anilines is 1. The Labute approximate surface area is 152 Å². The third kappa shape index (κ3) is 2.90. The second-order valence-electron chi connectivity index (χ2n) is 7.47. The van der Waals surface area contributed by atoms with Crippen LogP contribution in [0.2, 0.25) is 5.15 Å². The van der Waals surface area contributed by atoms with Crippen molar-refractivity contribution in [3.8, 4) is 0 Å². The first-order valence-corrected chi connectivity index (χ1v) is 9.90. The molecule has 0 N–H and O–H groups in total. The first kappa shape index (κ1) is 15.6. The molecule has 0 amide bonds. The molecule has 1 saturated carbocycles. The van der Waals surface area contributed by atoms with Crippen LogP contribution in [0.15, 0.2) is 6.07 Å². The van der Waals surface area contributed by atoms with Crippen molar-refractivity contribution in [3.05, 3.63) is 28.7 Å². The van der Waals surface area contributed by atoms with Crippen LogP contribution in [-0.2, 0) is 13.0 Å². The summed E-state index contributed by atoms with van der Waals surface area (Å²) in [6, 6.07) is 2.16. The number of aromatic nitrogens is 5. The van der Waals surface area contributed by atoms with Gasteiger partial charge in [-0.15, -0.1) is 10.2 Å². The molecule has 4 heterocycles. The minimum Gasteiger partial charge on any atom is -0.346 e. The van der Waals surface area contributed by atoms with E-state index in [2.05, 4.69) is 24.6 Å². The van der Waals surface area contributed by atoms with Crippen LogP contribution >= 0.6 is 11.6 Å². The third-order valence-electron chi connectivity index (χ3n) is 5.62. The molecule has 2 aromatic heterocycles. The summed E-state index contributed by atoms with van der Waals surface area (Å²) >= 11 is 6.30. The van der Waals surface area contributed by atoms with Gasteiger partial charge >= 0.3 is 0 Å². The van der Waals surface area contributed by atoms with Gasteiger partial charge in [-0.3, -0.25) is 0 Å². The van der Waals surface area contributed by atoms with Crippen molar-refractivity contribution < 1.29 is 0 Å². The van der Waals surface area contributed by atoms with Crippen molar-refractivity contribution in [1.29, 1.82) is 0 Å². The summed E-state index contributed by atoms with van der Waals surface area (Å²) < 4.78 is 2.36. The molecule has 1 unspecified atom stereocenters. The molecule has 6 nitrogen and oxygen atoms in total. The summed E-state index contributed by atoms with van der Waals surface area (Å²) in [4.78, 5) is 11.6. The smallest absolute Gasteiger partial charge is 0.155 e. The number of rotatable bonds is 3. The second-order valence-corrected chi connectivity index (χ2v) is 7.86. The quantitative estimate of drug-likeness (QED) is 0.783. The molecule has 0 spiro atoms. The average Bonchev–Trinajstić information content (AvgIpc) is 3.29. The van der Waals surface area contributed by atoms with Crippen LogP contribution in [0.5, 0.6) is 0 Å². The monoisotopic (exact) mass is 358 g/mol. The number of hydrogen-bond acceptors (Lipinski definition) is 5. The van der Waals surface area contributed by atoms with Crippen molar-refractivity contribution >= 4 is 17.4 Å². The van der Waals surface area contributed by atoms with Gasteiger partial charge in [0, 0.05) is 31.5 Å². The Hall–Kier alpha value is -1.69. The molecule has 5 rings (SSSR count). The van der Waals surface area contributed by atoms with Gasteiger partial charge in [-0.25, -0.2) is 9.97 Å². The summed E-state index contributed by atoms with van der Waals surface area (Å²) in [7, 11) is 0. The van der Waals surface area contributed by atoms with E-state index in [9.17, 15) is 0 Å². The maximum atomic E-state index is 6.30. The molecule has 0 aromatic carbocycles. The summed E-state index contributed by atoms with van der Waals surface area (Å²) in [6.45, 7) is 2.03.